The highest BCUT2D eigenvalue weighted by molar-refractivity contribution is 5.30. The second kappa shape index (κ2) is 7.69. The van der Waals surface area contributed by atoms with Crippen LogP contribution in [-0.4, -0.2) is 26.4 Å². The molecule has 24 heavy (non-hydrogen) atoms. The number of rotatable bonds is 6. The molecule has 4 nitrogen and oxygen atoms in total. The second-order valence-corrected chi connectivity index (χ2v) is 6.03. The van der Waals surface area contributed by atoms with Gasteiger partial charge in [-0.05, 0) is 56.7 Å². The third kappa shape index (κ3) is 4.28. The minimum atomic E-state index is -0.647. The Morgan fingerprint density at radius 2 is 1.33 bits per heavy atom. The second-order valence-electron chi connectivity index (χ2n) is 6.03. The molecule has 0 unspecified atom stereocenters. The van der Waals surface area contributed by atoms with Crippen LogP contribution in [0.3, 0.4) is 0 Å². The van der Waals surface area contributed by atoms with Gasteiger partial charge in [0.05, 0.1) is 13.2 Å². The standard InChI is InChI=1S/C20H24O4/c1-16-4-8-18(9-5-16)21-14-15-22-19-10-6-17(7-11-19)20(2)23-12-3-13-24-20/h4-11H,3,12-15H2,1-2H3. The van der Waals surface area contributed by atoms with E-state index in [0.717, 1.165) is 36.7 Å². The van der Waals surface area contributed by atoms with Gasteiger partial charge in [-0.3, -0.25) is 0 Å². The minimum absolute atomic E-state index is 0.498. The Morgan fingerprint density at radius 1 is 0.833 bits per heavy atom. The van der Waals surface area contributed by atoms with Crippen molar-refractivity contribution in [1.29, 1.82) is 0 Å². The summed E-state index contributed by atoms with van der Waals surface area (Å²) in [5, 5.41) is 0. The first-order valence-electron chi connectivity index (χ1n) is 8.36. The lowest BCUT2D eigenvalue weighted by molar-refractivity contribution is -0.264. The summed E-state index contributed by atoms with van der Waals surface area (Å²) in [6.45, 7) is 6.47. The molecule has 4 heteroatoms. The van der Waals surface area contributed by atoms with Crippen molar-refractivity contribution in [2.45, 2.75) is 26.1 Å². The Kier molecular flexibility index (Phi) is 5.38. The Morgan fingerprint density at radius 3 is 1.88 bits per heavy atom. The molecule has 0 N–H and O–H groups in total. The molecule has 2 aromatic carbocycles. The maximum absolute atomic E-state index is 5.76. The highest BCUT2D eigenvalue weighted by atomic mass is 16.7. The van der Waals surface area contributed by atoms with Crippen molar-refractivity contribution in [3.05, 3.63) is 59.7 Å². The van der Waals surface area contributed by atoms with Gasteiger partial charge in [-0.1, -0.05) is 17.7 Å². The number of benzene rings is 2. The van der Waals surface area contributed by atoms with Gasteiger partial charge < -0.3 is 18.9 Å². The summed E-state index contributed by atoms with van der Waals surface area (Å²) in [5.41, 5.74) is 2.23. The maximum Gasteiger partial charge on any atom is 0.191 e. The molecule has 0 aromatic heterocycles. The summed E-state index contributed by atoms with van der Waals surface area (Å²) in [6.07, 6.45) is 0.942. The quantitative estimate of drug-likeness (QED) is 0.749. The average Bonchev–Trinajstić information content (AvgIpc) is 2.61. The van der Waals surface area contributed by atoms with E-state index in [1.807, 2.05) is 55.5 Å². The van der Waals surface area contributed by atoms with Gasteiger partial charge >= 0.3 is 0 Å². The van der Waals surface area contributed by atoms with Gasteiger partial charge in [0.25, 0.3) is 0 Å². The van der Waals surface area contributed by atoms with Crippen molar-refractivity contribution < 1.29 is 18.9 Å². The fraction of sp³-hybridized carbons (Fsp3) is 0.400. The number of aryl methyl sites for hydroxylation is 1. The van der Waals surface area contributed by atoms with Crippen molar-refractivity contribution in [3.63, 3.8) is 0 Å². The van der Waals surface area contributed by atoms with Gasteiger partial charge in [-0.2, -0.15) is 0 Å². The van der Waals surface area contributed by atoms with Crippen LogP contribution >= 0.6 is 0 Å². The van der Waals surface area contributed by atoms with E-state index in [1.54, 1.807) is 0 Å². The molecule has 3 rings (SSSR count). The maximum atomic E-state index is 5.76. The molecule has 128 valence electrons. The van der Waals surface area contributed by atoms with Crippen LogP contribution in [-0.2, 0) is 15.3 Å². The van der Waals surface area contributed by atoms with Gasteiger partial charge in [0, 0.05) is 5.56 Å². The fourth-order valence-corrected chi connectivity index (χ4v) is 2.61. The summed E-state index contributed by atoms with van der Waals surface area (Å²) in [4.78, 5) is 0. The number of ether oxygens (including phenoxy) is 4. The fourth-order valence-electron chi connectivity index (χ4n) is 2.61. The largest absolute Gasteiger partial charge is 0.490 e. The summed E-state index contributed by atoms with van der Waals surface area (Å²) < 4.78 is 22.9. The third-order valence-electron chi connectivity index (χ3n) is 4.06. The van der Waals surface area contributed by atoms with Crippen molar-refractivity contribution in [1.82, 2.24) is 0 Å². The van der Waals surface area contributed by atoms with Gasteiger partial charge in [0.2, 0.25) is 0 Å². The van der Waals surface area contributed by atoms with Crippen LogP contribution in [0.1, 0.15) is 24.5 Å². The Labute approximate surface area is 143 Å². The van der Waals surface area contributed by atoms with Gasteiger partial charge in [-0.15, -0.1) is 0 Å². The molecule has 0 radical (unpaired) electrons. The van der Waals surface area contributed by atoms with Crippen molar-refractivity contribution in [2.75, 3.05) is 26.4 Å². The zero-order chi connectivity index (χ0) is 16.8. The van der Waals surface area contributed by atoms with Gasteiger partial charge in [-0.25, -0.2) is 0 Å². The van der Waals surface area contributed by atoms with E-state index in [1.165, 1.54) is 5.56 Å². The van der Waals surface area contributed by atoms with Gasteiger partial charge in [0.1, 0.15) is 24.7 Å². The zero-order valence-electron chi connectivity index (χ0n) is 14.3. The first-order chi connectivity index (χ1) is 11.7. The van der Waals surface area contributed by atoms with E-state index in [2.05, 4.69) is 6.92 Å². The van der Waals surface area contributed by atoms with Crippen LogP contribution in [0, 0.1) is 6.92 Å². The van der Waals surface area contributed by atoms with Crippen LogP contribution in [0.4, 0.5) is 0 Å². The van der Waals surface area contributed by atoms with E-state index < -0.39 is 5.79 Å². The molecule has 1 heterocycles. The molecule has 0 saturated carbocycles. The predicted octanol–water partition coefficient (Wildman–Crippen LogP) is 4.06. The lowest BCUT2D eigenvalue weighted by Crippen LogP contribution is -2.34. The molecular weight excluding hydrogens is 304 g/mol. The third-order valence-corrected chi connectivity index (χ3v) is 4.06. The Bertz CT molecular complexity index is 628. The molecule has 2 aromatic rings. The topological polar surface area (TPSA) is 36.9 Å². The summed E-state index contributed by atoms with van der Waals surface area (Å²) in [7, 11) is 0. The average molecular weight is 328 g/mol. The zero-order valence-corrected chi connectivity index (χ0v) is 14.3. The molecule has 1 saturated heterocycles. The van der Waals surface area contributed by atoms with Crippen LogP contribution < -0.4 is 9.47 Å². The van der Waals surface area contributed by atoms with E-state index in [-0.39, 0.29) is 0 Å². The smallest absolute Gasteiger partial charge is 0.191 e. The lowest BCUT2D eigenvalue weighted by Gasteiger charge is -2.34. The van der Waals surface area contributed by atoms with Crippen molar-refractivity contribution in [3.8, 4) is 11.5 Å². The van der Waals surface area contributed by atoms with E-state index in [4.69, 9.17) is 18.9 Å². The molecule has 0 amide bonds. The first kappa shape index (κ1) is 16.8. The molecular formula is C20H24O4. The highest BCUT2D eigenvalue weighted by Crippen LogP contribution is 2.31. The highest BCUT2D eigenvalue weighted by Gasteiger charge is 2.30. The SMILES string of the molecule is Cc1ccc(OCCOc2ccc(C3(C)OCCCO3)cc2)cc1. The van der Waals surface area contributed by atoms with E-state index in [0.29, 0.717) is 13.2 Å². The molecule has 0 spiro atoms. The molecule has 1 fully saturated rings. The van der Waals surface area contributed by atoms with Gasteiger partial charge in [0.15, 0.2) is 5.79 Å². The summed E-state index contributed by atoms with van der Waals surface area (Å²) >= 11 is 0. The van der Waals surface area contributed by atoms with Crippen LogP contribution in [0.15, 0.2) is 48.5 Å². The first-order valence-corrected chi connectivity index (χ1v) is 8.36. The number of hydrogen-bond donors (Lipinski definition) is 0. The van der Waals surface area contributed by atoms with Crippen LogP contribution in [0.5, 0.6) is 11.5 Å². The van der Waals surface area contributed by atoms with Crippen LogP contribution in [0.25, 0.3) is 0 Å². The minimum Gasteiger partial charge on any atom is -0.490 e. The van der Waals surface area contributed by atoms with Crippen molar-refractivity contribution >= 4 is 0 Å². The Hall–Kier alpha value is -2.04. The predicted molar refractivity (Wildman–Crippen MR) is 92.5 cm³/mol. The normalized spacial score (nSPS) is 16.6. The summed E-state index contributed by atoms with van der Waals surface area (Å²) in [6, 6.07) is 15.9. The Balaban J connectivity index is 1.47. The van der Waals surface area contributed by atoms with Crippen LogP contribution in [0.2, 0.25) is 0 Å². The molecule has 1 aliphatic rings. The van der Waals surface area contributed by atoms with E-state index in [9.17, 15) is 0 Å². The number of hydrogen-bond acceptors (Lipinski definition) is 4. The molecule has 0 atom stereocenters. The summed E-state index contributed by atoms with van der Waals surface area (Å²) in [5.74, 6) is 1.02. The van der Waals surface area contributed by atoms with E-state index >= 15 is 0 Å². The monoisotopic (exact) mass is 328 g/mol. The molecule has 0 aliphatic carbocycles. The lowest BCUT2D eigenvalue weighted by atomic mass is 10.1. The van der Waals surface area contributed by atoms with Crippen molar-refractivity contribution in [2.24, 2.45) is 0 Å². The molecule has 0 bridgehead atoms. The molecule has 1 aliphatic heterocycles.